The zero-order valence-electron chi connectivity index (χ0n) is 11.4. The number of nitrogens with zero attached hydrogens (tertiary/aromatic N) is 2. The van der Waals surface area contributed by atoms with Crippen molar-refractivity contribution < 1.29 is 0 Å². The summed E-state index contributed by atoms with van der Waals surface area (Å²) in [5, 5.41) is 7.45. The molecule has 1 aromatic heterocycles. The lowest BCUT2D eigenvalue weighted by Crippen LogP contribution is -2.26. The highest BCUT2D eigenvalue weighted by Gasteiger charge is 2.19. The van der Waals surface area contributed by atoms with E-state index in [0.717, 1.165) is 22.7 Å². The number of hydrogen-bond acceptors (Lipinski definition) is 5. The highest BCUT2D eigenvalue weighted by Crippen LogP contribution is 2.26. The predicted octanol–water partition coefficient (Wildman–Crippen LogP) is 3.23. The van der Waals surface area contributed by atoms with Crippen molar-refractivity contribution in [2.24, 2.45) is 5.92 Å². The average molecular weight is 266 g/mol. The van der Waals surface area contributed by atoms with Crippen LogP contribution in [-0.4, -0.2) is 29.3 Å². The van der Waals surface area contributed by atoms with Crippen LogP contribution >= 0.6 is 11.8 Å². The molecule has 0 bridgehead atoms. The van der Waals surface area contributed by atoms with Crippen LogP contribution in [0.1, 0.15) is 32.6 Å². The van der Waals surface area contributed by atoms with Gasteiger partial charge in [0.05, 0.1) is 0 Å². The molecule has 2 rings (SSSR count). The van der Waals surface area contributed by atoms with Crippen molar-refractivity contribution in [3.8, 4) is 0 Å². The molecule has 1 fully saturated rings. The molecule has 0 aliphatic heterocycles. The summed E-state index contributed by atoms with van der Waals surface area (Å²) in [7, 11) is 1.89. The van der Waals surface area contributed by atoms with Crippen molar-refractivity contribution in [3.63, 3.8) is 0 Å². The van der Waals surface area contributed by atoms with Crippen LogP contribution in [0.15, 0.2) is 11.2 Å². The molecule has 1 aliphatic rings. The second kappa shape index (κ2) is 6.27. The number of hydrogen-bond donors (Lipinski definition) is 2. The normalized spacial score (nSPS) is 23.7. The van der Waals surface area contributed by atoms with Crippen LogP contribution < -0.4 is 10.6 Å². The first-order chi connectivity index (χ1) is 8.71. The van der Waals surface area contributed by atoms with Crippen LogP contribution in [0.5, 0.6) is 0 Å². The number of thioether (sulfide) groups is 1. The third-order valence-electron chi connectivity index (χ3n) is 3.43. The van der Waals surface area contributed by atoms with E-state index < -0.39 is 0 Å². The standard InChI is InChI=1S/C13H22N4S/c1-9-5-4-6-10(7-9)15-12-8-11(14-2)16-13(17-12)18-3/h8-10H,4-7H2,1-3H3,(H2,14,15,16,17). The van der Waals surface area contributed by atoms with Gasteiger partial charge in [-0.3, -0.25) is 0 Å². The molecule has 0 amide bonds. The Hall–Kier alpha value is -0.970. The molecule has 5 heteroatoms. The molecule has 0 radical (unpaired) electrons. The molecule has 0 saturated heterocycles. The van der Waals surface area contributed by atoms with E-state index in [1.807, 2.05) is 19.4 Å². The van der Waals surface area contributed by atoms with Crippen molar-refractivity contribution in [2.45, 2.75) is 43.8 Å². The fourth-order valence-corrected chi connectivity index (χ4v) is 2.87. The van der Waals surface area contributed by atoms with Crippen LogP contribution in [0.25, 0.3) is 0 Å². The van der Waals surface area contributed by atoms with Gasteiger partial charge in [0, 0.05) is 19.2 Å². The largest absolute Gasteiger partial charge is 0.373 e. The van der Waals surface area contributed by atoms with Gasteiger partial charge in [0.1, 0.15) is 11.6 Å². The molecule has 2 unspecified atom stereocenters. The molecular formula is C13H22N4S. The molecule has 1 heterocycles. The van der Waals surface area contributed by atoms with E-state index in [-0.39, 0.29) is 0 Å². The summed E-state index contributed by atoms with van der Waals surface area (Å²) in [4.78, 5) is 8.90. The van der Waals surface area contributed by atoms with Crippen molar-refractivity contribution in [1.29, 1.82) is 0 Å². The summed E-state index contributed by atoms with van der Waals surface area (Å²) in [5.74, 6) is 2.64. The van der Waals surface area contributed by atoms with Gasteiger partial charge < -0.3 is 10.6 Å². The molecule has 1 aliphatic carbocycles. The molecule has 100 valence electrons. The average Bonchev–Trinajstić information content (AvgIpc) is 2.38. The Bertz CT molecular complexity index is 374. The third kappa shape index (κ3) is 3.51. The van der Waals surface area contributed by atoms with Crippen molar-refractivity contribution in [2.75, 3.05) is 23.9 Å². The molecule has 2 atom stereocenters. The van der Waals surface area contributed by atoms with Gasteiger partial charge in [-0.05, 0) is 25.0 Å². The maximum Gasteiger partial charge on any atom is 0.191 e. The SMILES string of the molecule is CNc1cc(NC2CCCC(C)C2)nc(SC)n1. The lowest BCUT2D eigenvalue weighted by atomic mass is 9.87. The van der Waals surface area contributed by atoms with Crippen molar-refractivity contribution >= 4 is 23.4 Å². The fraction of sp³-hybridized carbons (Fsp3) is 0.692. The third-order valence-corrected chi connectivity index (χ3v) is 3.98. The van der Waals surface area contributed by atoms with E-state index in [4.69, 9.17) is 0 Å². The maximum atomic E-state index is 4.52. The molecule has 2 N–H and O–H groups in total. The summed E-state index contributed by atoms with van der Waals surface area (Å²) in [6.07, 6.45) is 7.17. The topological polar surface area (TPSA) is 49.8 Å². The Balaban J connectivity index is 2.07. The van der Waals surface area contributed by atoms with Gasteiger partial charge in [-0.1, -0.05) is 31.5 Å². The minimum Gasteiger partial charge on any atom is -0.373 e. The number of rotatable bonds is 4. The Kier molecular flexibility index (Phi) is 4.69. The van der Waals surface area contributed by atoms with E-state index in [1.165, 1.54) is 25.7 Å². The number of aromatic nitrogens is 2. The van der Waals surface area contributed by atoms with Crippen LogP contribution in [0, 0.1) is 5.92 Å². The molecule has 1 aromatic rings. The number of nitrogens with one attached hydrogen (secondary N) is 2. The van der Waals surface area contributed by atoms with Crippen LogP contribution in [0.3, 0.4) is 0 Å². The molecular weight excluding hydrogens is 244 g/mol. The van der Waals surface area contributed by atoms with Gasteiger partial charge in [-0.25, -0.2) is 9.97 Å². The quantitative estimate of drug-likeness (QED) is 0.647. The molecule has 0 spiro atoms. The van der Waals surface area contributed by atoms with Gasteiger partial charge in [0.15, 0.2) is 5.16 Å². The first-order valence-corrected chi connectivity index (χ1v) is 7.81. The van der Waals surface area contributed by atoms with Crippen LogP contribution in [-0.2, 0) is 0 Å². The smallest absolute Gasteiger partial charge is 0.191 e. The minimum atomic E-state index is 0.558. The Labute approximate surface area is 113 Å². The van der Waals surface area contributed by atoms with Crippen LogP contribution in [0.2, 0.25) is 0 Å². The van der Waals surface area contributed by atoms with E-state index in [9.17, 15) is 0 Å². The summed E-state index contributed by atoms with van der Waals surface area (Å²) >= 11 is 1.57. The fourth-order valence-electron chi connectivity index (χ4n) is 2.49. The number of anilines is 2. The molecule has 1 saturated carbocycles. The van der Waals surface area contributed by atoms with E-state index >= 15 is 0 Å². The minimum absolute atomic E-state index is 0.558. The predicted molar refractivity (Wildman–Crippen MR) is 78.4 cm³/mol. The monoisotopic (exact) mass is 266 g/mol. The maximum absolute atomic E-state index is 4.52. The highest BCUT2D eigenvalue weighted by atomic mass is 32.2. The summed E-state index contributed by atoms with van der Waals surface area (Å²) in [5.41, 5.74) is 0. The van der Waals surface area contributed by atoms with Crippen molar-refractivity contribution in [3.05, 3.63) is 6.07 Å². The first-order valence-electron chi connectivity index (χ1n) is 6.58. The lowest BCUT2D eigenvalue weighted by molar-refractivity contribution is 0.358. The van der Waals surface area contributed by atoms with Crippen LogP contribution in [0.4, 0.5) is 11.6 Å². The lowest BCUT2D eigenvalue weighted by Gasteiger charge is -2.28. The zero-order valence-corrected chi connectivity index (χ0v) is 12.2. The van der Waals surface area contributed by atoms with Gasteiger partial charge >= 0.3 is 0 Å². The summed E-state index contributed by atoms with van der Waals surface area (Å²) in [6, 6.07) is 2.54. The molecule has 0 aromatic carbocycles. The van der Waals surface area contributed by atoms with Crippen molar-refractivity contribution in [1.82, 2.24) is 9.97 Å². The van der Waals surface area contributed by atoms with Gasteiger partial charge in [0.25, 0.3) is 0 Å². The molecule has 18 heavy (non-hydrogen) atoms. The Morgan fingerprint density at radius 3 is 2.72 bits per heavy atom. The second-order valence-electron chi connectivity index (χ2n) is 4.99. The second-order valence-corrected chi connectivity index (χ2v) is 5.76. The zero-order chi connectivity index (χ0) is 13.0. The van der Waals surface area contributed by atoms with E-state index in [1.54, 1.807) is 11.8 Å². The highest BCUT2D eigenvalue weighted by molar-refractivity contribution is 7.98. The van der Waals surface area contributed by atoms with Gasteiger partial charge in [-0.2, -0.15) is 0 Å². The van der Waals surface area contributed by atoms with Gasteiger partial charge in [-0.15, -0.1) is 0 Å². The summed E-state index contributed by atoms with van der Waals surface area (Å²) in [6.45, 7) is 2.33. The van der Waals surface area contributed by atoms with E-state index in [0.29, 0.717) is 6.04 Å². The first kappa shape index (κ1) is 13.5. The Morgan fingerprint density at radius 1 is 1.28 bits per heavy atom. The Morgan fingerprint density at radius 2 is 2.06 bits per heavy atom. The summed E-state index contributed by atoms with van der Waals surface area (Å²) < 4.78 is 0. The molecule has 4 nitrogen and oxygen atoms in total. The van der Waals surface area contributed by atoms with E-state index in [2.05, 4.69) is 27.5 Å². The van der Waals surface area contributed by atoms with Gasteiger partial charge in [0.2, 0.25) is 0 Å².